The standard InChI is InChI=1S/C17H11ClF3NO5S/c1-9(16(23)24)8-28-15-7-11(3-4-13(15)22(25)26)27-14-5-2-10(6-12(14)18)17(19,20)21/h2-7H,1,8H2,(H,23,24). The number of nitrogens with zero attached hydrogens (tertiary/aromatic N) is 1. The van der Waals surface area contributed by atoms with E-state index in [2.05, 4.69) is 6.58 Å². The lowest BCUT2D eigenvalue weighted by molar-refractivity contribution is -0.387. The van der Waals surface area contributed by atoms with Crippen molar-refractivity contribution in [2.24, 2.45) is 0 Å². The molecule has 11 heteroatoms. The van der Waals surface area contributed by atoms with Gasteiger partial charge in [-0.25, -0.2) is 4.79 Å². The predicted molar refractivity (Wildman–Crippen MR) is 97.1 cm³/mol. The smallest absolute Gasteiger partial charge is 0.416 e. The Morgan fingerprint density at radius 1 is 1.29 bits per heavy atom. The number of rotatable bonds is 7. The van der Waals surface area contributed by atoms with Crippen LogP contribution in [0.4, 0.5) is 18.9 Å². The molecular weight excluding hydrogens is 423 g/mol. The van der Waals surface area contributed by atoms with Crippen LogP contribution < -0.4 is 4.74 Å². The molecule has 0 heterocycles. The van der Waals surface area contributed by atoms with E-state index < -0.39 is 22.6 Å². The van der Waals surface area contributed by atoms with Crippen molar-refractivity contribution >= 4 is 35.0 Å². The molecule has 0 atom stereocenters. The molecule has 0 spiro atoms. The van der Waals surface area contributed by atoms with E-state index in [4.69, 9.17) is 21.4 Å². The lowest BCUT2D eigenvalue weighted by Gasteiger charge is -2.12. The third-order valence-corrected chi connectivity index (χ3v) is 4.75. The number of alkyl halides is 3. The fourth-order valence-electron chi connectivity index (χ4n) is 1.94. The highest BCUT2D eigenvalue weighted by Crippen LogP contribution is 2.39. The molecule has 0 fully saturated rings. The third-order valence-electron chi connectivity index (χ3n) is 3.32. The van der Waals surface area contributed by atoms with Gasteiger partial charge in [0.05, 0.1) is 20.4 Å². The molecule has 28 heavy (non-hydrogen) atoms. The normalized spacial score (nSPS) is 11.1. The first-order chi connectivity index (χ1) is 13.0. The average molecular weight is 434 g/mol. The van der Waals surface area contributed by atoms with Crippen molar-refractivity contribution < 1.29 is 32.7 Å². The highest BCUT2D eigenvalue weighted by Gasteiger charge is 2.31. The molecule has 0 aliphatic rings. The van der Waals surface area contributed by atoms with Crippen LogP contribution in [-0.4, -0.2) is 21.8 Å². The van der Waals surface area contributed by atoms with Gasteiger partial charge in [0.25, 0.3) is 5.69 Å². The zero-order valence-electron chi connectivity index (χ0n) is 13.8. The number of thioether (sulfide) groups is 1. The minimum absolute atomic E-state index is 0.0746. The van der Waals surface area contributed by atoms with E-state index in [-0.39, 0.29) is 38.4 Å². The SMILES string of the molecule is C=C(CSc1cc(Oc2ccc(C(F)(F)F)cc2Cl)ccc1[N+](=O)[O-])C(=O)O. The van der Waals surface area contributed by atoms with E-state index in [1.807, 2.05) is 0 Å². The van der Waals surface area contributed by atoms with Gasteiger partial charge >= 0.3 is 12.1 Å². The van der Waals surface area contributed by atoms with Gasteiger partial charge in [0, 0.05) is 23.5 Å². The van der Waals surface area contributed by atoms with Gasteiger partial charge in [-0.05, 0) is 24.3 Å². The lowest BCUT2D eigenvalue weighted by Crippen LogP contribution is -2.04. The summed E-state index contributed by atoms with van der Waals surface area (Å²) in [6, 6.07) is 6.19. The van der Waals surface area contributed by atoms with E-state index in [1.54, 1.807) is 0 Å². The first-order valence-electron chi connectivity index (χ1n) is 7.36. The van der Waals surface area contributed by atoms with Crippen molar-refractivity contribution in [3.63, 3.8) is 0 Å². The molecule has 0 radical (unpaired) electrons. The number of ether oxygens (including phenoxy) is 1. The zero-order chi connectivity index (χ0) is 21.1. The van der Waals surface area contributed by atoms with Crippen LogP contribution in [0.25, 0.3) is 0 Å². The van der Waals surface area contributed by atoms with Crippen molar-refractivity contribution in [3.8, 4) is 11.5 Å². The summed E-state index contributed by atoms with van der Waals surface area (Å²) in [5, 5.41) is 19.7. The molecular formula is C17H11ClF3NO5S. The second-order valence-electron chi connectivity index (χ2n) is 5.33. The van der Waals surface area contributed by atoms with Crippen LogP contribution in [0.2, 0.25) is 5.02 Å². The number of carbonyl (C=O) groups is 1. The molecule has 0 bridgehead atoms. The maximum Gasteiger partial charge on any atom is 0.416 e. The highest BCUT2D eigenvalue weighted by atomic mass is 35.5. The predicted octanol–water partition coefficient (Wildman–Crippen LogP) is 5.79. The van der Waals surface area contributed by atoms with Crippen molar-refractivity contribution in [2.45, 2.75) is 11.1 Å². The van der Waals surface area contributed by atoms with Crippen LogP contribution in [0.15, 0.2) is 53.4 Å². The van der Waals surface area contributed by atoms with Gasteiger partial charge in [-0.2, -0.15) is 13.2 Å². The number of hydrogen-bond acceptors (Lipinski definition) is 5. The minimum atomic E-state index is -4.56. The Morgan fingerprint density at radius 2 is 1.96 bits per heavy atom. The topological polar surface area (TPSA) is 89.7 Å². The molecule has 2 aromatic rings. The van der Waals surface area contributed by atoms with E-state index in [0.29, 0.717) is 6.07 Å². The molecule has 0 unspecified atom stereocenters. The maximum atomic E-state index is 12.7. The highest BCUT2D eigenvalue weighted by molar-refractivity contribution is 7.99. The van der Waals surface area contributed by atoms with Gasteiger partial charge < -0.3 is 9.84 Å². The number of hydrogen-bond donors (Lipinski definition) is 1. The number of nitro groups is 1. The van der Waals surface area contributed by atoms with Crippen LogP contribution in [0.1, 0.15) is 5.56 Å². The summed E-state index contributed by atoms with van der Waals surface area (Å²) < 4.78 is 43.5. The molecule has 1 N–H and O–H groups in total. The fourth-order valence-corrected chi connectivity index (χ4v) is 3.10. The number of carboxylic acid groups (broad SMARTS) is 1. The van der Waals surface area contributed by atoms with Crippen molar-refractivity contribution in [3.05, 3.63) is 69.3 Å². The molecule has 0 aliphatic heterocycles. The van der Waals surface area contributed by atoms with Crippen LogP contribution >= 0.6 is 23.4 Å². The van der Waals surface area contributed by atoms with Gasteiger partial charge in [-0.3, -0.25) is 10.1 Å². The zero-order valence-corrected chi connectivity index (χ0v) is 15.4. The average Bonchev–Trinajstić information content (AvgIpc) is 2.60. The number of carboxylic acids is 1. The van der Waals surface area contributed by atoms with Crippen LogP contribution in [0, 0.1) is 10.1 Å². The number of nitro benzene ring substituents is 1. The van der Waals surface area contributed by atoms with Crippen LogP contribution in [0.3, 0.4) is 0 Å². The quantitative estimate of drug-likeness (QED) is 0.257. The molecule has 0 saturated carbocycles. The molecule has 6 nitrogen and oxygen atoms in total. The molecule has 2 rings (SSSR count). The largest absolute Gasteiger partial charge is 0.478 e. The summed E-state index contributed by atoms with van der Waals surface area (Å²) in [5.74, 6) is -1.34. The molecule has 0 aliphatic carbocycles. The summed E-state index contributed by atoms with van der Waals surface area (Å²) in [6.45, 7) is 3.34. The second-order valence-corrected chi connectivity index (χ2v) is 6.75. The number of aliphatic carboxylic acids is 1. The first kappa shape index (κ1) is 21.6. The fraction of sp³-hybridized carbons (Fsp3) is 0.118. The Hall–Kier alpha value is -2.72. The molecule has 0 saturated heterocycles. The number of benzene rings is 2. The second kappa shape index (κ2) is 8.53. The Morgan fingerprint density at radius 3 is 2.50 bits per heavy atom. The first-order valence-corrected chi connectivity index (χ1v) is 8.72. The Balaban J connectivity index is 2.29. The molecule has 0 aromatic heterocycles. The monoisotopic (exact) mass is 433 g/mol. The molecule has 0 amide bonds. The van der Waals surface area contributed by atoms with Crippen molar-refractivity contribution in [1.82, 2.24) is 0 Å². The number of halogens is 4. The maximum absolute atomic E-state index is 12.7. The third kappa shape index (κ3) is 5.40. The Labute approximate surface area is 165 Å². The van der Waals surface area contributed by atoms with Crippen LogP contribution in [0.5, 0.6) is 11.5 Å². The van der Waals surface area contributed by atoms with Gasteiger partial charge in [0.1, 0.15) is 11.5 Å². The minimum Gasteiger partial charge on any atom is -0.478 e. The van der Waals surface area contributed by atoms with Gasteiger partial charge in [-0.1, -0.05) is 18.2 Å². The van der Waals surface area contributed by atoms with Gasteiger partial charge in [-0.15, -0.1) is 11.8 Å². The van der Waals surface area contributed by atoms with Crippen LogP contribution in [-0.2, 0) is 11.0 Å². The van der Waals surface area contributed by atoms with E-state index in [0.717, 1.165) is 30.0 Å². The van der Waals surface area contributed by atoms with Gasteiger partial charge in [0.2, 0.25) is 0 Å². The summed E-state index contributed by atoms with van der Waals surface area (Å²) in [5.41, 5.74) is -1.39. The van der Waals surface area contributed by atoms with E-state index in [9.17, 15) is 28.1 Å². The van der Waals surface area contributed by atoms with E-state index >= 15 is 0 Å². The van der Waals surface area contributed by atoms with Gasteiger partial charge in [0.15, 0.2) is 0 Å². The Bertz CT molecular complexity index is 949. The summed E-state index contributed by atoms with van der Waals surface area (Å²) in [6.07, 6.45) is -4.56. The summed E-state index contributed by atoms with van der Waals surface area (Å²) in [4.78, 5) is 21.4. The summed E-state index contributed by atoms with van der Waals surface area (Å²) >= 11 is 6.69. The summed E-state index contributed by atoms with van der Waals surface area (Å²) in [7, 11) is 0. The molecule has 148 valence electrons. The van der Waals surface area contributed by atoms with Crippen molar-refractivity contribution in [1.29, 1.82) is 0 Å². The van der Waals surface area contributed by atoms with E-state index in [1.165, 1.54) is 12.1 Å². The Kier molecular flexibility index (Phi) is 6.57. The van der Waals surface area contributed by atoms with Crippen molar-refractivity contribution in [2.75, 3.05) is 5.75 Å². The molecule has 2 aromatic carbocycles. The lowest BCUT2D eigenvalue weighted by atomic mass is 10.2.